The molecule has 1 unspecified atom stereocenters. The van der Waals surface area contributed by atoms with Crippen LogP contribution in [-0.2, 0) is 9.53 Å². The van der Waals surface area contributed by atoms with Crippen LogP contribution in [0.5, 0.6) is 0 Å². The number of ether oxygens (including phenoxy) is 1. The minimum atomic E-state index is -0.0798. The quantitative estimate of drug-likeness (QED) is 0.824. The van der Waals surface area contributed by atoms with Gasteiger partial charge in [-0.05, 0) is 24.5 Å². The summed E-state index contributed by atoms with van der Waals surface area (Å²) in [5.74, 6) is 0.0976. The van der Waals surface area contributed by atoms with E-state index in [0.29, 0.717) is 23.9 Å². The molecule has 1 aromatic heterocycles. The first-order chi connectivity index (χ1) is 8.02. The zero-order valence-electron chi connectivity index (χ0n) is 10.3. The van der Waals surface area contributed by atoms with Crippen molar-refractivity contribution in [2.24, 2.45) is 5.92 Å². The van der Waals surface area contributed by atoms with Crippen LogP contribution in [0, 0.1) is 12.8 Å². The average Bonchev–Trinajstić information content (AvgIpc) is 2.23. The molecule has 17 heavy (non-hydrogen) atoms. The van der Waals surface area contributed by atoms with Gasteiger partial charge in [0.15, 0.2) is 5.15 Å². The highest BCUT2D eigenvalue weighted by atomic mass is 35.5. The number of carbonyl (C=O) groups excluding carboxylic acids is 1. The Morgan fingerprint density at radius 1 is 1.65 bits per heavy atom. The summed E-state index contributed by atoms with van der Waals surface area (Å²) < 4.78 is 4.98. The zero-order valence-corrected chi connectivity index (χ0v) is 11.0. The first-order valence-corrected chi connectivity index (χ1v) is 5.81. The molecule has 1 aromatic rings. The van der Waals surface area contributed by atoms with Crippen molar-refractivity contribution >= 4 is 23.2 Å². The molecule has 94 valence electrons. The van der Waals surface area contributed by atoms with Crippen LogP contribution in [0.3, 0.4) is 0 Å². The summed E-state index contributed by atoms with van der Waals surface area (Å²) in [6.45, 7) is 4.42. The fourth-order valence-corrected chi connectivity index (χ4v) is 1.65. The zero-order chi connectivity index (χ0) is 12.8. The lowest BCUT2D eigenvalue weighted by molar-refractivity contribution is -0.117. The Morgan fingerprint density at radius 3 is 3.00 bits per heavy atom. The van der Waals surface area contributed by atoms with Crippen molar-refractivity contribution in [3.8, 4) is 0 Å². The number of hydrogen-bond acceptors (Lipinski definition) is 3. The van der Waals surface area contributed by atoms with E-state index in [0.717, 1.165) is 5.56 Å². The number of anilines is 1. The summed E-state index contributed by atoms with van der Waals surface area (Å²) >= 11 is 5.89. The minimum absolute atomic E-state index is 0.0798. The topological polar surface area (TPSA) is 51.2 Å². The molecule has 1 atom stereocenters. The molecule has 0 aromatic carbocycles. The molecule has 5 heteroatoms. The van der Waals surface area contributed by atoms with Crippen molar-refractivity contribution in [1.82, 2.24) is 4.98 Å². The van der Waals surface area contributed by atoms with Gasteiger partial charge in [-0.25, -0.2) is 4.98 Å². The molecule has 0 saturated heterocycles. The van der Waals surface area contributed by atoms with Gasteiger partial charge in [0.1, 0.15) is 0 Å². The van der Waals surface area contributed by atoms with Crippen LogP contribution >= 0.6 is 11.6 Å². The molecule has 1 rings (SSSR count). The molecule has 0 aliphatic carbocycles. The van der Waals surface area contributed by atoms with Crippen LogP contribution in [0.2, 0.25) is 5.15 Å². The fraction of sp³-hybridized carbons (Fsp3) is 0.500. The second-order valence-electron chi connectivity index (χ2n) is 4.16. The molecule has 0 fully saturated rings. The van der Waals surface area contributed by atoms with Crippen LogP contribution in [0.1, 0.15) is 18.9 Å². The average molecular weight is 257 g/mol. The smallest absolute Gasteiger partial charge is 0.224 e. The van der Waals surface area contributed by atoms with Crippen molar-refractivity contribution in [2.75, 3.05) is 19.0 Å². The van der Waals surface area contributed by atoms with Gasteiger partial charge in [-0.1, -0.05) is 18.5 Å². The lowest BCUT2D eigenvalue weighted by atomic mass is 10.1. The lowest BCUT2D eigenvalue weighted by Crippen LogP contribution is -2.18. The van der Waals surface area contributed by atoms with Gasteiger partial charge in [0.2, 0.25) is 5.91 Å². The van der Waals surface area contributed by atoms with Crippen LogP contribution in [0.15, 0.2) is 12.3 Å². The number of nitrogens with zero attached hydrogens (tertiary/aromatic N) is 1. The number of carbonyl (C=O) groups is 1. The molecule has 1 heterocycles. The van der Waals surface area contributed by atoms with Gasteiger partial charge >= 0.3 is 0 Å². The monoisotopic (exact) mass is 256 g/mol. The van der Waals surface area contributed by atoms with E-state index < -0.39 is 0 Å². The van der Waals surface area contributed by atoms with Crippen molar-refractivity contribution in [1.29, 1.82) is 0 Å². The standard InChI is InChI=1S/C12H17ClN2O2/c1-8-4-10(12(13)14-6-8)15-11(16)5-9(2)7-17-3/h4,6,9H,5,7H2,1-3H3,(H,15,16). The molecular formula is C12H17ClN2O2. The maximum atomic E-state index is 11.7. The molecule has 0 bridgehead atoms. The molecular weight excluding hydrogens is 240 g/mol. The molecule has 0 radical (unpaired) electrons. The molecule has 1 N–H and O–H groups in total. The van der Waals surface area contributed by atoms with Gasteiger partial charge in [-0.15, -0.1) is 0 Å². The summed E-state index contributed by atoms with van der Waals surface area (Å²) in [5.41, 5.74) is 1.51. The van der Waals surface area contributed by atoms with E-state index in [9.17, 15) is 4.79 Å². The van der Waals surface area contributed by atoms with Crippen LogP contribution in [-0.4, -0.2) is 24.6 Å². The maximum Gasteiger partial charge on any atom is 0.224 e. The Bertz CT molecular complexity index is 396. The second-order valence-corrected chi connectivity index (χ2v) is 4.52. The predicted octanol–water partition coefficient (Wildman–Crippen LogP) is 2.65. The van der Waals surface area contributed by atoms with E-state index in [1.54, 1.807) is 19.4 Å². The van der Waals surface area contributed by atoms with Crippen molar-refractivity contribution in [3.05, 3.63) is 23.0 Å². The molecule has 4 nitrogen and oxygen atoms in total. The van der Waals surface area contributed by atoms with E-state index in [2.05, 4.69) is 10.3 Å². The number of hydrogen-bond donors (Lipinski definition) is 1. The Morgan fingerprint density at radius 2 is 2.35 bits per heavy atom. The number of aromatic nitrogens is 1. The van der Waals surface area contributed by atoms with Crippen LogP contribution < -0.4 is 5.32 Å². The number of rotatable bonds is 5. The number of pyridine rings is 1. The third kappa shape index (κ3) is 4.71. The summed E-state index contributed by atoms with van der Waals surface area (Å²) in [6, 6.07) is 1.80. The van der Waals surface area contributed by atoms with Crippen molar-refractivity contribution in [2.45, 2.75) is 20.3 Å². The highest BCUT2D eigenvalue weighted by molar-refractivity contribution is 6.32. The summed E-state index contributed by atoms with van der Waals surface area (Å²) in [6.07, 6.45) is 2.06. The highest BCUT2D eigenvalue weighted by Gasteiger charge is 2.11. The van der Waals surface area contributed by atoms with Gasteiger partial charge in [0, 0.05) is 26.3 Å². The summed E-state index contributed by atoms with van der Waals surface area (Å²) in [7, 11) is 1.62. The largest absolute Gasteiger partial charge is 0.384 e. The number of amides is 1. The van der Waals surface area contributed by atoms with Crippen LogP contribution in [0.4, 0.5) is 5.69 Å². The Kier molecular flexibility index (Phi) is 5.38. The summed E-state index contributed by atoms with van der Waals surface area (Å²) in [4.78, 5) is 15.7. The van der Waals surface area contributed by atoms with E-state index in [1.807, 2.05) is 13.8 Å². The molecule has 0 saturated carbocycles. The van der Waals surface area contributed by atoms with Gasteiger partial charge < -0.3 is 10.1 Å². The third-order valence-corrected chi connectivity index (χ3v) is 2.54. The predicted molar refractivity (Wildman–Crippen MR) is 68.3 cm³/mol. The molecule has 0 aliphatic heterocycles. The highest BCUT2D eigenvalue weighted by Crippen LogP contribution is 2.20. The summed E-state index contributed by atoms with van der Waals surface area (Å²) in [5, 5.41) is 3.06. The number of halogens is 1. The van der Waals surface area contributed by atoms with Gasteiger partial charge in [0.05, 0.1) is 5.69 Å². The Balaban J connectivity index is 2.58. The Labute approximate surface area is 106 Å². The molecule has 0 spiro atoms. The normalized spacial score (nSPS) is 12.2. The number of aryl methyl sites for hydroxylation is 1. The van der Waals surface area contributed by atoms with Gasteiger partial charge in [-0.2, -0.15) is 0 Å². The molecule has 0 aliphatic rings. The maximum absolute atomic E-state index is 11.7. The minimum Gasteiger partial charge on any atom is -0.384 e. The SMILES string of the molecule is COCC(C)CC(=O)Nc1cc(C)cnc1Cl. The fourth-order valence-electron chi connectivity index (χ4n) is 1.50. The van der Waals surface area contributed by atoms with Gasteiger partial charge in [-0.3, -0.25) is 4.79 Å². The van der Waals surface area contributed by atoms with Crippen molar-refractivity contribution < 1.29 is 9.53 Å². The second kappa shape index (κ2) is 6.57. The van der Waals surface area contributed by atoms with Crippen molar-refractivity contribution in [3.63, 3.8) is 0 Å². The van der Waals surface area contributed by atoms with Gasteiger partial charge in [0.25, 0.3) is 0 Å². The van der Waals surface area contributed by atoms with E-state index >= 15 is 0 Å². The number of methoxy groups -OCH3 is 1. The first-order valence-electron chi connectivity index (χ1n) is 5.44. The Hall–Kier alpha value is -1.13. The number of nitrogens with one attached hydrogen (secondary N) is 1. The lowest BCUT2D eigenvalue weighted by Gasteiger charge is -2.11. The van der Waals surface area contributed by atoms with E-state index in [4.69, 9.17) is 16.3 Å². The van der Waals surface area contributed by atoms with E-state index in [-0.39, 0.29) is 11.8 Å². The van der Waals surface area contributed by atoms with Crippen LogP contribution in [0.25, 0.3) is 0 Å². The first kappa shape index (κ1) is 13.9. The third-order valence-electron chi connectivity index (χ3n) is 2.23. The van der Waals surface area contributed by atoms with E-state index in [1.165, 1.54) is 0 Å². The molecule has 1 amide bonds.